The van der Waals surface area contributed by atoms with Crippen molar-refractivity contribution in [2.45, 2.75) is 13.1 Å². The summed E-state index contributed by atoms with van der Waals surface area (Å²) in [7, 11) is 0. The Morgan fingerprint density at radius 3 is 2.58 bits per heavy atom. The lowest BCUT2D eigenvalue weighted by Gasteiger charge is -2.16. The van der Waals surface area contributed by atoms with Crippen molar-refractivity contribution in [2.24, 2.45) is 0 Å². The third kappa shape index (κ3) is 4.44. The number of thioether (sulfide) groups is 1. The molecule has 10 heteroatoms. The van der Waals surface area contributed by atoms with E-state index in [-0.39, 0.29) is 20.5 Å². The predicted molar refractivity (Wildman–Crippen MR) is 120 cm³/mol. The Labute approximate surface area is 195 Å². The maximum Gasteiger partial charge on any atom is 0.416 e. The molecule has 2 aromatic carbocycles. The van der Waals surface area contributed by atoms with Crippen molar-refractivity contribution >= 4 is 51.9 Å². The molecule has 1 aliphatic heterocycles. The summed E-state index contributed by atoms with van der Waals surface area (Å²) in [6.45, 7) is 1.63. The van der Waals surface area contributed by atoms with E-state index in [0.29, 0.717) is 22.6 Å². The lowest BCUT2D eigenvalue weighted by molar-refractivity contribution is -0.255. The van der Waals surface area contributed by atoms with Gasteiger partial charge in [-0.2, -0.15) is 13.2 Å². The minimum Gasteiger partial charge on any atom is -0.545 e. The van der Waals surface area contributed by atoms with Crippen LogP contribution in [0, 0.1) is 6.92 Å². The summed E-state index contributed by atoms with van der Waals surface area (Å²) in [5.74, 6) is -1.19. The third-order valence-electron chi connectivity index (χ3n) is 4.94. The molecule has 0 spiro atoms. The lowest BCUT2D eigenvalue weighted by atomic mass is 10.0. The van der Waals surface area contributed by atoms with Crippen LogP contribution in [0.5, 0.6) is 0 Å². The van der Waals surface area contributed by atoms with Crippen molar-refractivity contribution in [1.29, 1.82) is 0 Å². The number of carboxylic acid groups (broad SMARTS) is 1. The van der Waals surface area contributed by atoms with E-state index >= 15 is 0 Å². The van der Waals surface area contributed by atoms with Crippen molar-refractivity contribution in [2.75, 3.05) is 4.90 Å². The highest BCUT2D eigenvalue weighted by atomic mass is 32.2. The summed E-state index contributed by atoms with van der Waals surface area (Å²) in [6, 6.07) is 12.3. The summed E-state index contributed by atoms with van der Waals surface area (Å²) in [4.78, 5) is 25.4. The number of anilines is 1. The van der Waals surface area contributed by atoms with Gasteiger partial charge in [0.2, 0.25) is 0 Å². The van der Waals surface area contributed by atoms with Gasteiger partial charge in [0.25, 0.3) is 5.91 Å². The van der Waals surface area contributed by atoms with Crippen LogP contribution in [0.25, 0.3) is 17.4 Å². The quantitative estimate of drug-likeness (QED) is 0.378. The number of alkyl halides is 3. The second-order valence-electron chi connectivity index (χ2n) is 7.03. The first-order valence-electron chi connectivity index (χ1n) is 9.42. The van der Waals surface area contributed by atoms with Gasteiger partial charge in [-0.05, 0) is 42.8 Å². The number of benzene rings is 2. The first kappa shape index (κ1) is 22.8. The van der Waals surface area contributed by atoms with Crippen LogP contribution in [0.2, 0.25) is 0 Å². The Morgan fingerprint density at radius 1 is 1.15 bits per heavy atom. The van der Waals surface area contributed by atoms with E-state index in [2.05, 4.69) is 0 Å². The van der Waals surface area contributed by atoms with Gasteiger partial charge in [0.05, 0.1) is 22.1 Å². The molecule has 0 N–H and O–H groups in total. The molecule has 1 aliphatic rings. The van der Waals surface area contributed by atoms with E-state index < -0.39 is 23.6 Å². The smallest absolute Gasteiger partial charge is 0.416 e. The molecule has 3 aromatic rings. The zero-order valence-electron chi connectivity index (χ0n) is 16.8. The fraction of sp³-hybridized carbons (Fsp3) is 0.0870. The lowest BCUT2D eigenvalue weighted by Crippen LogP contribution is -2.27. The van der Waals surface area contributed by atoms with Crippen molar-refractivity contribution in [3.05, 3.63) is 82.0 Å². The first-order valence-corrected chi connectivity index (χ1v) is 10.6. The van der Waals surface area contributed by atoms with Crippen LogP contribution < -0.4 is 10.0 Å². The summed E-state index contributed by atoms with van der Waals surface area (Å²) < 4.78 is 45.0. The summed E-state index contributed by atoms with van der Waals surface area (Å²) in [5, 5.41) is 11.3. The van der Waals surface area contributed by atoms with Crippen molar-refractivity contribution in [3.63, 3.8) is 0 Å². The number of thiocarbonyl (C=S) groups is 1. The number of carbonyl (C=O) groups is 2. The molecule has 2 heterocycles. The second-order valence-corrected chi connectivity index (χ2v) is 8.71. The van der Waals surface area contributed by atoms with Crippen LogP contribution >= 0.6 is 24.0 Å². The zero-order chi connectivity index (χ0) is 23.9. The van der Waals surface area contributed by atoms with Crippen LogP contribution in [0.3, 0.4) is 0 Å². The second kappa shape index (κ2) is 8.53. The molecular formula is C23H13F3NO4S2-. The zero-order valence-corrected chi connectivity index (χ0v) is 18.4. The molecule has 4 rings (SSSR count). The van der Waals surface area contributed by atoms with Crippen molar-refractivity contribution in [3.8, 4) is 11.3 Å². The topological polar surface area (TPSA) is 73.6 Å². The van der Waals surface area contributed by atoms with Gasteiger partial charge in [-0.1, -0.05) is 48.2 Å². The highest BCUT2D eigenvalue weighted by molar-refractivity contribution is 8.27. The number of hydrogen-bond donors (Lipinski definition) is 0. The Balaban J connectivity index is 1.63. The molecule has 5 nitrogen and oxygen atoms in total. The Kier molecular flexibility index (Phi) is 5.89. The Morgan fingerprint density at radius 2 is 1.88 bits per heavy atom. The standard InChI is InChI=1S/C23H14F3NO4S2/c1-12-16(6-3-7-17(12)21(29)30)18-9-8-15(31-18)11-19-20(28)27(22(32)33-19)14-5-2-4-13(10-14)23(24,25)26/h2-11H,1H3,(H,29,30)/p-1/b19-11+. The number of carboxylic acids is 1. The maximum absolute atomic E-state index is 13.1. The van der Waals surface area contributed by atoms with Gasteiger partial charge < -0.3 is 14.3 Å². The van der Waals surface area contributed by atoms with Crippen LogP contribution in [0.1, 0.15) is 27.2 Å². The number of carbonyl (C=O) groups excluding carboxylic acids is 2. The SMILES string of the molecule is Cc1c(C(=O)[O-])cccc1-c1ccc(/C=C2/SC(=S)N(c3cccc(C(F)(F)F)c3)C2=O)o1. The summed E-state index contributed by atoms with van der Waals surface area (Å²) in [6.07, 6.45) is -3.11. The maximum atomic E-state index is 13.1. The molecule has 0 unspecified atom stereocenters. The number of rotatable bonds is 4. The third-order valence-corrected chi connectivity index (χ3v) is 6.25. The van der Waals surface area contributed by atoms with E-state index in [9.17, 15) is 27.9 Å². The molecule has 33 heavy (non-hydrogen) atoms. The molecule has 0 radical (unpaired) electrons. The van der Waals surface area contributed by atoms with E-state index in [1.807, 2.05) is 0 Å². The van der Waals surface area contributed by atoms with Gasteiger partial charge in [-0.15, -0.1) is 0 Å². The Bertz CT molecular complexity index is 1330. The number of furan rings is 1. The minimum atomic E-state index is -4.55. The average Bonchev–Trinajstić information content (AvgIpc) is 3.31. The van der Waals surface area contributed by atoms with Crippen LogP contribution in [-0.4, -0.2) is 16.2 Å². The molecule has 0 saturated carbocycles. The van der Waals surface area contributed by atoms with Gasteiger partial charge >= 0.3 is 6.18 Å². The van der Waals surface area contributed by atoms with Gasteiger partial charge in [0.15, 0.2) is 4.32 Å². The van der Waals surface area contributed by atoms with Gasteiger partial charge in [0.1, 0.15) is 11.5 Å². The van der Waals surface area contributed by atoms with Gasteiger partial charge in [0, 0.05) is 17.2 Å². The average molecular weight is 488 g/mol. The highest BCUT2D eigenvalue weighted by Crippen LogP contribution is 2.39. The normalized spacial score (nSPS) is 15.5. The van der Waals surface area contributed by atoms with E-state index in [4.69, 9.17) is 16.6 Å². The molecule has 1 aromatic heterocycles. The summed E-state index contributed by atoms with van der Waals surface area (Å²) in [5.41, 5.74) is 0.183. The predicted octanol–water partition coefficient (Wildman–Crippen LogP) is 5.04. The number of amides is 1. The molecule has 0 atom stereocenters. The first-order chi connectivity index (χ1) is 15.6. The number of nitrogens with zero attached hydrogens (tertiary/aromatic N) is 1. The molecule has 1 amide bonds. The van der Waals surface area contributed by atoms with Crippen LogP contribution in [-0.2, 0) is 11.0 Å². The molecule has 1 fully saturated rings. The van der Waals surface area contributed by atoms with E-state index in [0.717, 1.165) is 28.8 Å². The fourth-order valence-corrected chi connectivity index (χ4v) is 4.62. The van der Waals surface area contributed by atoms with Crippen LogP contribution in [0.4, 0.5) is 18.9 Å². The molecule has 0 bridgehead atoms. The fourth-order valence-electron chi connectivity index (χ4n) is 3.34. The van der Waals surface area contributed by atoms with Crippen molar-refractivity contribution < 1.29 is 32.3 Å². The van der Waals surface area contributed by atoms with Crippen LogP contribution in [0.15, 0.2) is 63.9 Å². The monoisotopic (exact) mass is 488 g/mol. The minimum absolute atomic E-state index is 0.0191. The van der Waals surface area contributed by atoms with E-state index in [1.165, 1.54) is 24.3 Å². The number of halogens is 3. The summed E-state index contributed by atoms with van der Waals surface area (Å²) >= 11 is 6.16. The largest absolute Gasteiger partial charge is 0.545 e. The van der Waals surface area contributed by atoms with E-state index in [1.54, 1.807) is 31.2 Å². The highest BCUT2D eigenvalue weighted by Gasteiger charge is 2.36. The number of hydrogen-bond acceptors (Lipinski definition) is 6. The van der Waals surface area contributed by atoms with Gasteiger partial charge in [-0.25, -0.2) is 0 Å². The Hall–Kier alpha value is -3.37. The molecule has 168 valence electrons. The van der Waals surface area contributed by atoms with Crippen molar-refractivity contribution in [1.82, 2.24) is 0 Å². The molecule has 1 saturated heterocycles. The molecule has 0 aliphatic carbocycles. The number of aromatic carboxylic acids is 1. The molecular weight excluding hydrogens is 475 g/mol. The van der Waals surface area contributed by atoms with Gasteiger partial charge in [-0.3, -0.25) is 9.69 Å².